The summed E-state index contributed by atoms with van der Waals surface area (Å²) in [5, 5.41) is 8.73. The Morgan fingerprint density at radius 1 is 1.33 bits per heavy atom. The number of alkyl halides is 3. The summed E-state index contributed by atoms with van der Waals surface area (Å²) in [6.45, 7) is -2.23. The average molecular weight is 330 g/mol. The van der Waals surface area contributed by atoms with E-state index in [9.17, 15) is 26.0 Å². The van der Waals surface area contributed by atoms with Crippen LogP contribution in [0.15, 0.2) is 17.0 Å². The van der Waals surface area contributed by atoms with Crippen molar-refractivity contribution < 1.29 is 31.1 Å². The van der Waals surface area contributed by atoms with Gasteiger partial charge in [-0.25, -0.2) is 12.8 Å². The number of hydrogen-bond acceptors (Lipinski definition) is 4. The predicted octanol–water partition coefficient (Wildman–Crippen LogP) is 1.26. The second-order valence-corrected chi connectivity index (χ2v) is 6.23. The van der Waals surface area contributed by atoms with E-state index < -0.39 is 46.6 Å². The first-order valence-electron chi connectivity index (χ1n) is 5.72. The molecule has 0 unspecified atom stereocenters. The maximum Gasteiger partial charge on any atom is 0.402 e. The number of anilines is 1. The lowest BCUT2D eigenvalue weighted by molar-refractivity contribution is -0.136. The molecule has 0 saturated heterocycles. The first kappa shape index (κ1) is 17.7. The van der Waals surface area contributed by atoms with Crippen LogP contribution in [0.1, 0.15) is 5.56 Å². The summed E-state index contributed by atoms with van der Waals surface area (Å²) in [5.41, 5.74) is 5.20. The zero-order chi connectivity index (χ0) is 16.4. The molecule has 10 heteroatoms. The van der Waals surface area contributed by atoms with Gasteiger partial charge in [-0.2, -0.15) is 17.5 Å². The SMILES string of the molecule is Cc1cc(N)cc(S(=O)(=O)N(CCO)CC(F)(F)F)c1F. The van der Waals surface area contributed by atoms with Gasteiger partial charge in [-0.15, -0.1) is 0 Å². The van der Waals surface area contributed by atoms with Gasteiger partial charge >= 0.3 is 6.18 Å². The normalized spacial score (nSPS) is 12.9. The van der Waals surface area contributed by atoms with E-state index in [0.29, 0.717) is 0 Å². The maximum absolute atomic E-state index is 13.9. The Bertz CT molecular complexity index is 617. The van der Waals surface area contributed by atoms with Gasteiger partial charge in [0.05, 0.1) is 6.61 Å². The molecule has 21 heavy (non-hydrogen) atoms. The third kappa shape index (κ3) is 4.29. The van der Waals surface area contributed by atoms with E-state index in [4.69, 9.17) is 10.8 Å². The van der Waals surface area contributed by atoms with Crippen LogP contribution in [0.4, 0.5) is 23.2 Å². The fourth-order valence-corrected chi connectivity index (χ4v) is 3.28. The minimum atomic E-state index is -4.83. The number of halogens is 4. The minimum Gasteiger partial charge on any atom is -0.399 e. The lowest BCUT2D eigenvalue weighted by Gasteiger charge is -2.23. The Kier molecular flexibility index (Phi) is 5.18. The van der Waals surface area contributed by atoms with Gasteiger partial charge in [0.2, 0.25) is 10.0 Å². The lowest BCUT2D eigenvalue weighted by atomic mass is 10.2. The van der Waals surface area contributed by atoms with Gasteiger partial charge in [-0.3, -0.25) is 0 Å². The first-order valence-corrected chi connectivity index (χ1v) is 7.16. The summed E-state index contributed by atoms with van der Waals surface area (Å²) < 4.78 is 75.4. The molecule has 0 aromatic heterocycles. The number of nitrogen functional groups attached to an aromatic ring is 1. The van der Waals surface area contributed by atoms with Crippen molar-refractivity contribution in [2.45, 2.75) is 18.0 Å². The number of aryl methyl sites for hydroxylation is 1. The molecule has 5 nitrogen and oxygen atoms in total. The van der Waals surface area contributed by atoms with E-state index in [1.165, 1.54) is 6.92 Å². The van der Waals surface area contributed by atoms with Crippen molar-refractivity contribution in [3.8, 4) is 0 Å². The molecule has 1 aromatic rings. The number of aliphatic hydroxyl groups is 1. The smallest absolute Gasteiger partial charge is 0.399 e. The molecule has 0 aliphatic heterocycles. The topological polar surface area (TPSA) is 83.6 Å². The third-order valence-corrected chi connectivity index (χ3v) is 4.41. The average Bonchev–Trinajstić information content (AvgIpc) is 2.31. The van der Waals surface area contributed by atoms with E-state index in [1.807, 2.05) is 0 Å². The lowest BCUT2D eigenvalue weighted by Crippen LogP contribution is -2.41. The van der Waals surface area contributed by atoms with Crippen molar-refractivity contribution in [3.63, 3.8) is 0 Å². The molecule has 0 fully saturated rings. The molecule has 0 spiro atoms. The van der Waals surface area contributed by atoms with Crippen LogP contribution in [0.5, 0.6) is 0 Å². The zero-order valence-corrected chi connectivity index (χ0v) is 11.8. The molecule has 120 valence electrons. The molecule has 0 aliphatic rings. The fourth-order valence-electron chi connectivity index (χ4n) is 1.69. The van der Waals surface area contributed by atoms with Gasteiger partial charge in [0.1, 0.15) is 17.3 Å². The highest BCUT2D eigenvalue weighted by Gasteiger charge is 2.38. The molecule has 0 radical (unpaired) electrons. The summed E-state index contributed by atoms with van der Waals surface area (Å²) in [6.07, 6.45) is -4.83. The molecule has 0 aliphatic carbocycles. The fraction of sp³-hybridized carbons (Fsp3) is 0.455. The van der Waals surface area contributed by atoms with Crippen molar-refractivity contribution in [2.75, 3.05) is 25.4 Å². The highest BCUT2D eigenvalue weighted by atomic mass is 32.2. The van der Waals surface area contributed by atoms with Crippen LogP contribution in [0.2, 0.25) is 0 Å². The van der Waals surface area contributed by atoms with E-state index in [-0.39, 0.29) is 15.6 Å². The molecule has 0 amide bonds. The van der Waals surface area contributed by atoms with E-state index >= 15 is 0 Å². The van der Waals surface area contributed by atoms with Gasteiger partial charge in [-0.1, -0.05) is 0 Å². The first-order chi connectivity index (χ1) is 9.49. The minimum absolute atomic E-state index is 0.0374. The molecule has 0 atom stereocenters. The highest BCUT2D eigenvalue weighted by Crippen LogP contribution is 2.27. The van der Waals surface area contributed by atoms with Gasteiger partial charge < -0.3 is 10.8 Å². The zero-order valence-electron chi connectivity index (χ0n) is 11.0. The Morgan fingerprint density at radius 2 is 1.90 bits per heavy atom. The number of aliphatic hydroxyl groups excluding tert-OH is 1. The molecule has 0 bridgehead atoms. The number of sulfonamides is 1. The van der Waals surface area contributed by atoms with Crippen molar-refractivity contribution >= 4 is 15.7 Å². The van der Waals surface area contributed by atoms with Crippen molar-refractivity contribution in [1.29, 1.82) is 0 Å². The van der Waals surface area contributed by atoms with Crippen LogP contribution < -0.4 is 5.73 Å². The monoisotopic (exact) mass is 330 g/mol. The highest BCUT2D eigenvalue weighted by molar-refractivity contribution is 7.89. The van der Waals surface area contributed by atoms with Crippen molar-refractivity contribution in [2.24, 2.45) is 0 Å². The molecule has 0 heterocycles. The van der Waals surface area contributed by atoms with Gasteiger partial charge in [0.15, 0.2) is 0 Å². The van der Waals surface area contributed by atoms with Crippen LogP contribution in [0, 0.1) is 12.7 Å². The Morgan fingerprint density at radius 3 is 2.38 bits per heavy atom. The summed E-state index contributed by atoms with van der Waals surface area (Å²) in [4.78, 5) is -0.947. The Labute approximate surface area is 119 Å². The molecule has 1 rings (SSSR count). The number of benzene rings is 1. The van der Waals surface area contributed by atoms with Crippen molar-refractivity contribution in [1.82, 2.24) is 4.31 Å². The Hall–Kier alpha value is -1.39. The van der Waals surface area contributed by atoms with Gasteiger partial charge in [-0.05, 0) is 24.6 Å². The van der Waals surface area contributed by atoms with Crippen LogP contribution in [0.3, 0.4) is 0 Å². The Balaban J connectivity index is 3.36. The van der Waals surface area contributed by atoms with E-state index in [1.54, 1.807) is 0 Å². The maximum atomic E-state index is 13.9. The van der Waals surface area contributed by atoms with Crippen LogP contribution in [0.25, 0.3) is 0 Å². The molecule has 3 N–H and O–H groups in total. The summed E-state index contributed by atoms with van der Waals surface area (Å²) in [7, 11) is -4.77. The van der Waals surface area contributed by atoms with Crippen molar-refractivity contribution in [3.05, 3.63) is 23.5 Å². The summed E-state index contributed by atoms with van der Waals surface area (Å²) in [5.74, 6) is -1.17. The summed E-state index contributed by atoms with van der Waals surface area (Å²) >= 11 is 0. The van der Waals surface area contributed by atoms with Crippen LogP contribution in [-0.4, -0.2) is 43.7 Å². The molecular weight excluding hydrogens is 316 g/mol. The molecule has 0 saturated carbocycles. The predicted molar refractivity (Wildman–Crippen MR) is 67.4 cm³/mol. The van der Waals surface area contributed by atoms with E-state index in [2.05, 4.69) is 0 Å². The largest absolute Gasteiger partial charge is 0.402 e. The van der Waals surface area contributed by atoms with Crippen LogP contribution in [-0.2, 0) is 10.0 Å². The van der Waals surface area contributed by atoms with Crippen LogP contribution >= 0.6 is 0 Å². The number of nitrogens with zero attached hydrogens (tertiary/aromatic N) is 1. The van der Waals surface area contributed by atoms with Gasteiger partial charge in [0, 0.05) is 12.2 Å². The summed E-state index contributed by atoms with van der Waals surface area (Å²) in [6, 6.07) is 1.91. The standard InChI is InChI=1S/C11H14F4N2O3S/c1-7-4-8(16)5-9(10(7)12)21(19,20)17(2-3-18)6-11(13,14)15/h4-5,18H,2-3,6,16H2,1H3. The third-order valence-electron chi connectivity index (χ3n) is 2.57. The number of nitrogens with two attached hydrogens (primary N) is 1. The second kappa shape index (κ2) is 6.16. The number of hydrogen-bond donors (Lipinski definition) is 2. The molecule has 1 aromatic carbocycles. The van der Waals surface area contributed by atoms with E-state index in [0.717, 1.165) is 12.1 Å². The van der Waals surface area contributed by atoms with Gasteiger partial charge in [0.25, 0.3) is 0 Å². The quantitative estimate of drug-likeness (QED) is 0.629. The molecular formula is C11H14F4N2O3S. The number of rotatable bonds is 5. The second-order valence-electron chi connectivity index (χ2n) is 4.33.